The lowest BCUT2D eigenvalue weighted by Crippen LogP contribution is -2.39. The highest BCUT2D eigenvalue weighted by atomic mass is 16.5. The topological polar surface area (TPSA) is 66.8 Å². The Bertz CT molecular complexity index is 253. The molecule has 0 radical (unpaired) electrons. The van der Waals surface area contributed by atoms with Crippen LogP contribution in [0.5, 0.6) is 0 Å². The van der Waals surface area contributed by atoms with Crippen LogP contribution >= 0.6 is 0 Å². The van der Waals surface area contributed by atoms with Crippen LogP contribution in [0.15, 0.2) is 0 Å². The quantitative estimate of drug-likeness (QED) is 0.695. The Morgan fingerprint density at radius 1 is 1.57 bits per heavy atom. The fraction of sp³-hybridized carbons (Fsp3) is 0.778. The molecule has 0 aromatic carbocycles. The van der Waals surface area contributed by atoms with Crippen LogP contribution < -0.4 is 0 Å². The monoisotopic (exact) mass is 201 g/mol. The van der Waals surface area contributed by atoms with Gasteiger partial charge in [-0.05, 0) is 6.42 Å². The van der Waals surface area contributed by atoms with Crippen LogP contribution in [0.3, 0.4) is 0 Å². The van der Waals surface area contributed by atoms with E-state index in [0.717, 1.165) is 0 Å². The van der Waals surface area contributed by atoms with Crippen LogP contribution in [0.4, 0.5) is 0 Å². The molecule has 1 heterocycles. The number of hydrogen-bond acceptors (Lipinski definition) is 3. The van der Waals surface area contributed by atoms with E-state index >= 15 is 0 Å². The third-order valence-electron chi connectivity index (χ3n) is 2.67. The maximum Gasteiger partial charge on any atom is 0.313 e. The van der Waals surface area contributed by atoms with Gasteiger partial charge in [0.25, 0.3) is 0 Å². The summed E-state index contributed by atoms with van der Waals surface area (Å²) in [6.45, 7) is 2.37. The molecule has 80 valence electrons. The lowest BCUT2D eigenvalue weighted by molar-refractivity contribution is -0.151. The fourth-order valence-electron chi connectivity index (χ4n) is 1.77. The Morgan fingerprint density at radius 3 is 2.57 bits per heavy atom. The van der Waals surface area contributed by atoms with E-state index in [9.17, 15) is 9.59 Å². The van der Waals surface area contributed by atoms with E-state index in [1.54, 1.807) is 4.90 Å². The molecule has 0 saturated carbocycles. The van der Waals surface area contributed by atoms with Gasteiger partial charge in [-0.3, -0.25) is 9.59 Å². The normalized spacial score (nSPS) is 26.6. The first-order chi connectivity index (χ1) is 6.52. The van der Waals surface area contributed by atoms with Gasteiger partial charge in [0, 0.05) is 27.1 Å². The van der Waals surface area contributed by atoms with Crippen molar-refractivity contribution in [2.45, 2.75) is 13.3 Å². The lowest BCUT2D eigenvalue weighted by atomic mass is 9.88. The molecule has 5 nitrogen and oxygen atoms in total. The summed E-state index contributed by atoms with van der Waals surface area (Å²) in [6, 6.07) is 0. The Kier molecular flexibility index (Phi) is 3.10. The highest BCUT2D eigenvalue weighted by molar-refractivity contribution is 5.79. The van der Waals surface area contributed by atoms with Gasteiger partial charge >= 0.3 is 5.97 Å². The average molecular weight is 201 g/mol. The number of nitrogens with zero attached hydrogens (tertiary/aromatic N) is 1. The second kappa shape index (κ2) is 3.96. The van der Waals surface area contributed by atoms with Crippen LogP contribution in [-0.4, -0.2) is 48.7 Å². The molecule has 1 aliphatic rings. The first-order valence-electron chi connectivity index (χ1n) is 4.50. The number of carboxylic acid groups (broad SMARTS) is 1. The first-order valence-corrected chi connectivity index (χ1v) is 4.50. The molecule has 1 unspecified atom stereocenters. The van der Waals surface area contributed by atoms with Gasteiger partial charge in [-0.25, -0.2) is 0 Å². The number of hydrogen-bond donors (Lipinski definition) is 1. The zero-order valence-corrected chi connectivity index (χ0v) is 8.45. The van der Waals surface area contributed by atoms with E-state index in [0.29, 0.717) is 13.0 Å². The fourth-order valence-corrected chi connectivity index (χ4v) is 1.77. The van der Waals surface area contributed by atoms with E-state index in [1.165, 1.54) is 14.0 Å². The molecule has 1 amide bonds. The highest BCUT2D eigenvalue weighted by Crippen LogP contribution is 2.31. The molecule has 1 rings (SSSR count). The van der Waals surface area contributed by atoms with Crippen molar-refractivity contribution in [3.8, 4) is 0 Å². The molecular formula is C9H15NO4. The van der Waals surface area contributed by atoms with Crippen LogP contribution in [0.25, 0.3) is 0 Å². The van der Waals surface area contributed by atoms with Crippen molar-refractivity contribution in [3.05, 3.63) is 0 Å². The molecule has 1 saturated heterocycles. The molecule has 5 heteroatoms. The van der Waals surface area contributed by atoms with Gasteiger partial charge in [0.15, 0.2) is 0 Å². The van der Waals surface area contributed by atoms with Crippen molar-refractivity contribution >= 4 is 11.9 Å². The van der Waals surface area contributed by atoms with Crippen molar-refractivity contribution in [1.82, 2.24) is 4.90 Å². The predicted molar refractivity (Wildman–Crippen MR) is 48.8 cm³/mol. The van der Waals surface area contributed by atoms with Gasteiger partial charge in [0.1, 0.15) is 5.41 Å². The number of aliphatic carboxylic acids is 1. The maximum atomic E-state index is 11.1. The molecular weight excluding hydrogens is 186 g/mol. The maximum absolute atomic E-state index is 11.1. The second-order valence-corrected chi connectivity index (χ2v) is 3.71. The van der Waals surface area contributed by atoms with Crippen molar-refractivity contribution in [3.63, 3.8) is 0 Å². The smallest absolute Gasteiger partial charge is 0.313 e. The third kappa shape index (κ3) is 1.87. The van der Waals surface area contributed by atoms with Crippen molar-refractivity contribution in [2.24, 2.45) is 5.41 Å². The summed E-state index contributed by atoms with van der Waals surface area (Å²) < 4.78 is 4.90. The Balaban J connectivity index is 2.74. The molecule has 1 N–H and O–H groups in total. The Hall–Kier alpha value is -1.10. The summed E-state index contributed by atoms with van der Waals surface area (Å²) in [5.41, 5.74) is -0.902. The van der Waals surface area contributed by atoms with Gasteiger partial charge in [0.2, 0.25) is 5.91 Å². The number of carbonyl (C=O) groups is 2. The van der Waals surface area contributed by atoms with Gasteiger partial charge in [-0.2, -0.15) is 0 Å². The molecule has 0 aromatic heterocycles. The first kappa shape index (κ1) is 11.0. The average Bonchev–Trinajstić information content (AvgIpc) is 2.50. The summed E-state index contributed by atoms with van der Waals surface area (Å²) in [5.74, 6) is -0.965. The van der Waals surface area contributed by atoms with Gasteiger partial charge in [-0.15, -0.1) is 0 Å². The molecule has 1 fully saturated rings. The number of likely N-dealkylation sites (tertiary alicyclic amines) is 1. The third-order valence-corrected chi connectivity index (χ3v) is 2.67. The van der Waals surface area contributed by atoms with E-state index in [4.69, 9.17) is 9.84 Å². The Labute approximate surface area is 82.6 Å². The SMILES string of the molecule is COCC1(C(=O)O)CCN(C(C)=O)C1. The number of methoxy groups -OCH3 is 1. The predicted octanol–water partition coefficient (Wildman–Crippen LogP) is -0.0440. The van der Waals surface area contributed by atoms with Crippen LogP contribution in [0, 0.1) is 5.41 Å². The minimum Gasteiger partial charge on any atom is -0.481 e. The van der Waals surface area contributed by atoms with Crippen molar-refractivity contribution < 1.29 is 19.4 Å². The minimum absolute atomic E-state index is 0.0794. The standard InChI is InChI=1S/C9H15NO4/c1-7(11)10-4-3-9(5-10,6-14-2)8(12)13/h3-6H2,1-2H3,(H,12,13). The molecule has 0 aromatic rings. The molecule has 1 atom stereocenters. The molecule has 0 spiro atoms. The Morgan fingerprint density at radius 2 is 2.21 bits per heavy atom. The van der Waals surface area contributed by atoms with Crippen LogP contribution in [0.1, 0.15) is 13.3 Å². The number of carboxylic acids is 1. The molecule has 0 aliphatic carbocycles. The number of amides is 1. The van der Waals surface area contributed by atoms with Crippen LogP contribution in [-0.2, 0) is 14.3 Å². The lowest BCUT2D eigenvalue weighted by Gasteiger charge is -2.23. The molecule has 0 bridgehead atoms. The summed E-state index contributed by atoms with van der Waals surface area (Å²) >= 11 is 0. The highest BCUT2D eigenvalue weighted by Gasteiger charge is 2.45. The summed E-state index contributed by atoms with van der Waals surface area (Å²) in [6.07, 6.45) is 0.468. The van der Waals surface area contributed by atoms with Gasteiger partial charge in [0.05, 0.1) is 6.61 Å². The largest absolute Gasteiger partial charge is 0.481 e. The summed E-state index contributed by atoms with van der Waals surface area (Å²) in [5, 5.41) is 9.08. The number of rotatable bonds is 3. The zero-order valence-electron chi connectivity index (χ0n) is 8.45. The van der Waals surface area contributed by atoms with E-state index < -0.39 is 11.4 Å². The number of carbonyl (C=O) groups excluding carboxylic acids is 1. The van der Waals surface area contributed by atoms with E-state index in [2.05, 4.69) is 0 Å². The zero-order chi connectivity index (χ0) is 10.8. The van der Waals surface area contributed by atoms with Gasteiger partial charge < -0.3 is 14.7 Å². The molecule has 14 heavy (non-hydrogen) atoms. The number of ether oxygens (including phenoxy) is 1. The molecule has 1 aliphatic heterocycles. The van der Waals surface area contributed by atoms with E-state index in [-0.39, 0.29) is 19.1 Å². The summed E-state index contributed by atoms with van der Waals surface area (Å²) in [4.78, 5) is 23.7. The van der Waals surface area contributed by atoms with E-state index in [1.807, 2.05) is 0 Å². The summed E-state index contributed by atoms with van der Waals surface area (Å²) in [7, 11) is 1.47. The van der Waals surface area contributed by atoms with Crippen molar-refractivity contribution in [2.75, 3.05) is 26.8 Å². The van der Waals surface area contributed by atoms with Gasteiger partial charge in [-0.1, -0.05) is 0 Å². The van der Waals surface area contributed by atoms with Crippen LogP contribution in [0.2, 0.25) is 0 Å². The van der Waals surface area contributed by atoms with Crippen molar-refractivity contribution in [1.29, 1.82) is 0 Å². The second-order valence-electron chi connectivity index (χ2n) is 3.71. The minimum atomic E-state index is -0.902.